The Morgan fingerprint density at radius 1 is 1.47 bits per heavy atom. The molecule has 5 heteroatoms. The van der Waals surface area contributed by atoms with Crippen molar-refractivity contribution >= 4 is 23.0 Å². The zero-order valence-electron chi connectivity index (χ0n) is 10.6. The summed E-state index contributed by atoms with van der Waals surface area (Å²) < 4.78 is 4.41. The van der Waals surface area contributed by atoms with E-state index in [1.807, 2.05) is 0 Å². The highest BCUT2D eigenvalue weighted by Gasteiger charge is 2.25. The van der Waals surface area contributed by atoms with Crippen LogP contribution < -0.4 is 4.90 Å². The average molecular weight is 253 g/mol. The Morgan fingerprint density at radius 3 is 2.82 bits per heavy atom. The van der Waals surface area contributed by atoms with Crippen molar-refractivity contribution in [2.45, 2.75) is 39.0 Å². The van der Waals surface area contributed by atoms with Crippen LogP contribution in [0.5, 0.6) is 0 Å². The predicted molar refractivity (Wildman–Crippen MR) is 69.6 cm³/mol. The Balaban J connectivity index is 2.12. The summed E-state index contributed by atoms with van der Waals surface area (Å²) in [6.45, 7) is 8.13. The van der Waals surface area contributed by atoms with E-state index in [0.29, 0.717) is 0 Å². The lowest BCUT2D eigenvalue weighted by molar-refractivity contribution is -0.111. The fraction of sp³-hybridized carbons (Fsp3) is 0.750. The van der Waals surface area contributed by atoms with Crippen molar-refractivity contribution in [2.75, 3.05) is 18.0 Å². The highest BCUT2D eigenvalue weighted by atomic mass is 32.1. The molecule has 0 aromatic carbocycles. The van der Waals surface area contributed by atoms with Gasteiger partial charge in [0.05, 0.1) is 0 Å². The molecule has 0 amide bonds. The Morgan fingerprint density at radius 2 is 2.24 bits per heavy atom. The summed E-state index contributed by atoms with van der Waals surface area (Å²) in [5.74, 6) is 1.05. The molecule has 94 valence electrons. The number of carbonyl (C=O) groups is 1. The Kier molecular flexibility index (Phi) is 3.47. The zero-order chi connectivity index (χ0) is 12.5. The second-order valence-electron chi connectivity index (χ2n) is 5.63. The Bertz CT molecular complexity index is 397. The van der Waals surface area contributed by atoms with Crippen LogP contribution in [0.2, 0.25) is 0 Å². The van der Waals surface area contributed by atoms with Crippen molar-refractivity contribution in [3.8, 4) is 0 Å². The molecule has 0 aliphatic carbocycles. The summed E-state index contributed by atoms with van der Waals surface area (Å²) in [5.41, 5.74) is -0.00536. The predicted octanol–water partition coefficient (Wildman–Crippen LogP) is 2.25. The molecule has 2 heterocycles. The molecule has 0 radical (unpaired) electrons. The fourth-order valence-electron chi connectivity index (χ4n) is 1.94. The zero-order valence-corrected chi connectivity index (χ0v) is 11.5. The first-order chi connectivity index (χ1) is 8.00. The number of piperidine rings is 1. The third-order valence-electron chi connectivity index (χ3n) is 3.01. The van der Waals surface area contributed by atoms with E-state index in [9.17, 15) is 4.79 Å². The smallest absolute Gasteiger partial charge is 0.205 e. The maximum Gasteiger partial charge on any atom is 0.205 e. The van der Waals surface area contributed by atoms with Crippen LogP contribution in [0.3, 0.4) is 0 Å². The van der Waals surface area contributed by atoms with E-state index < -0.39 is 0 Å². The minimum absolute atomic E-state index is 0.00536. The standard InChI is InChI=1S/C12H19N3OS/c1-12(2,3)10-13-11(17-14-10)15-6-4-5-9(7-15)8-16/h8-9H,4-7H2,1-3H3. The molecule has 1 aromatic heterocycles. The number of carbonyl (C=O) groups excluding carboxylic acids is 1. The molecular formula is C12H19N3OS. The number of aldehydes is 1. The van der Waals surface area contributed by atoms with Crippen LogP contribution >= 0.6 is 11.5 Å². The van der Waals surface area contributed by atoms with Gasteiger partial charge in [-0.3, -0.25) is 0 Å². The molecule has 0 N–H and O–H groups in total. The van der Waals surface area contributed by atoms with Crippen LogP contribution in [0.15, 0.2) is 0 Å². The van der Waals surface area contributed by atoms with Gasteiger partial charge in [-0.1, -0.05) is 20.8 Å². The van der Waals surface area contributed by atoms with Crippen LogP contribution in [0, 0.1) is 5.92 Å². The molecule has 4 nitrogen and oxygen atoms in total. The molecule has 1 aromatic rings. The molecule has 1 saturated heterocycles. The minimum atomic E-state index is -0.00536. The second kappa shape index (κ2) is 4.72. The van der Waals surface area contributed by atoms with Crippen molar-refractivity contribution in [3.63, 3.8) is 0 Å². The topological polar surface area (TPSA) is 46.1 Å². The van der Waals surface area contributed by atoms with E-state index in [0.717, 1.165) is 43.2 Å². The summed E-state index contributed by atoms with van der Waals surface area (Å²) in [5, 5.41) is 0.960. The third-order valence-corrected chi connectivity index (χ3v) is 3.78. The van der Waals surface area contributed by atoms with E-state index >= 15 is 0 Å². The number of hydrogen-bond donors (Lipinski definition) is 0. The summed E-state index contributed by atoms with van der Waals surface area (Å²) in [6.07, 6.45) is 3.14. The van der Waals surface area contributed by atoms with Crippen molar-refractivity contribution in [1.29, 1.82) is 0 Å². The monoisotopic (exact) mass is 253 g/mol. The number of anilines is 1. The van der Waals surface area contributed by atoms with Gasteiger partial charge in [0, 0.05) is 36.0 Å². The van der Waals surface area contributed by atoms with Crippen LogP contribution in [0.25, 0.3) is 0 Å². The molecule has 0 saturated carbocycles. The number of rotatable bonds is 2. The molecule has 2 rings (SSSR count). The molecule has 1 atom stereocenters. The number of aromatic nitrogens is 2. The van der Waals surface area contributed by atoms with E-state index in [2.05, 4.69) is 35.0 Å². The van der Waals surface area contributed by atoms with Gasteiger partial charge in [0.2, 0.25) is 5.13 Å². The molecule has 17 heavy (non-hydrogen) atoms. The molecular weight excluding hydrogens is 234 g/mol. The van der Waals surface area contributed by atoms with Crippen LogP contribution in [-0.4, -0.2) is 28.7 Å². The normalized spacial score (nSPS) is 21.6. The van der Waals surface area contributed by atoms with Gasteiger partial charge in [0.25, 0.3) is 0 Å². The second-order valence-corrected chi connectivity index (χ2v) is 6.37. The Hall–Kier alpha value is -0.970. The summed E-state index contributed by atoms with van der Waals surface area (Å²) in [4.78, 5) is 17.6. The molecule has 1 fully saturated rings. The lowest BCUT2D eigenvalue weighted by Crippen LogP contribution is -2.36. The lowest BCUT2D eigenvalue weighted by Gasteiger charge is -2.29. The quantitative estimate of drug-likeness (QED) is 0.758. The summed E-state index contributed by atoms with van der Waals surface area (Å²) in [6, 6.07) is 0. The summed E-state index contributed by atoms with van der Waals surface area (Å²) >= 11 is 1.44. The molecule has 1 aliphatic heterocycles. The highest BCUT2D eigenvalue weighted by molar-refractivity contribution is 7.09. The van der Waals surface area contributed by atoms with Gasteiger partial charge in [-0.15, -0.1) is 0 Å². The van der Waals surface area contributed by atoms with Gasteiger partial charge in [-0.05, 0) is 12.8 Å². The summed E-state index contributed by atoms with van der Waals surface area (Å²) in [7, 11) is 0. The third kappa shape index (κ3) is 2.83. The first-order valence-electron chi connectivity index (χ1n) is 6.05. The Labute approximate surface area is 106 Å². The highest BCUT2D eigenvalue weighted by Crippen LogP contribution is 2.28. The van der Waals surface area contributed by atoms with E-state index in [-0.39, 0.29) is 11.3 Å². The van der Waals surface area contributed by atoms with Gasteiger partial charge in [0.1, 0.15) is 12.1 Å². The van der Waals surface area contributed by atoms with E-state index in [1.165, 1.54) is 11.5 Å². The maximum atomic E-state index is 10.8. The van der Waals surface area contributed by atoms with Gasteiger partial charge >= 0.3 is 0 Å². The van der Waals surface area contributed by atoms with Crippen molar-refractivity contribution in [3.05, 3.63) is 5.82 Å². The minimum Gasteiger partial charge on any atom is -0.346 e. The van der Waals surface area contributed by atoms with Crippen LogP contribution in [0.1, 0.15) is 39.4 Å². The average Bonchev–Trinajstić information content (AvgIpc) is 2.78. The van der Waals surface area contributed by atoms with Crippen LogP contribution in [0.4, 0.5) is 5.13 Å². The van der Waals surface area contributed by atoms with Gasteiger partial charge in [-0.25, -0.2) is 4.98 Å². The number of nitrogens with zero attached hydrogens (tertiary/aromatic N) is 3. The van der Waals surface area contributed by atoms with Crippen molar-refractivity contribution in [2.24, 2.45) is 5.92 Å². The van der Waals surface area contributed by atoms with Crippen LogP contribution in [-0.2, 0) is 10.2 Å². The molecule has 1 unspecified atom stereocenters. The molecule has 1 aliphatic rings. The first-order valence-corrected chi connectivity index (χ1v) is 6.82. The van der Waals surface area contributed by atoms with Crippen molar-refractivity contribution in [1.82, 2.24) is 9.36 Å². The van der Waals surface area contributed by atoms with E-state index in [1.54, 1.807) is 0 Å². The number of hydrogen-bond acceptors (Lipinski definition) is 5. The van der Waals surface area contributed by atoms with Gasteiger partial charge in [0.15, 0.2) is 0 Å². The largest absolute Gasteiger partial charge is 0.346 e. The first kappa shape index (κ1) is 12.5. The SMILES string of the molecule is CC(C)(C)c1nsc(N2CCCC(C=O)C2)n1. The maximum absolute atomic E-state index is 10.8. The lowest BCUT2D eigenvalue weighted by atomic mass is 9.96. The van der Waals surface area contributed by atoms with Gasteiger partial charge < -0.3 is 9.69 Å². The van der Waals surface area contributed by atoms with E-state index in [4.69, 9.17) is 0 Å². The fourth-order valence-corrected chi connectivity index (χ4v) is 2.83. The van der Waals surface area contributed by atoms with Gasteiger partial charge in [-0.2, -0.15) is 4.37 Å². The molecule has 0 spiro atoms. The van der Waals surface area contributed by atoms with Crippen molar-refractivity contribution < 1.29 is 4.79 Å². The molecule has 0 bridgehead atoms.